The molecule has 0 saturated heterocycles. The topological polar surface area (TPSA) is 78.9 Å². The van der Waals surface area contributed by atoms with Crippen molar-refractivity contribution in [2.45, 2.75) is 310 Å². The molecule has 0 rings (SSSR count). The molecule has 0 radical (unpaired) electrons. The second kappa shape index (κ2) is 47.9. The summed E-state index contributed by atoms with van der Waals surface area (Å²) in [6.45, 7) is 11.4. The van der Waals surface area contributed by atoms with Gasteiger partial charge in [-0.15, -0.1) is 0 Å². The Kier molecular flexibility index (Phi) is 46.6. The number of carbonyl (C=O) groups is 3. The zero-order chi connectivity index (χ0) is 44.7. The smallest absolute Gasteiger partial charge is 0.306 e. The highest BCUT2D eigenvalue weighted by atomic mass is 16.6. The predicted molar refractivity (Wildman–Crippen MR) is 261 cm³/mol. The van der Waals surface area contributed by atoms with Crippen molar-refractivity contribution in [3.63, 3.8) is 0 Å². The fourth-order valence-electron chi connectivity index (χ4n) is 8.31. The molecule has 1 unspecified atom stereocenters. The van der Waals surface area contributed by atoms with Crippen molar-refractivity contribution in [3.05, 3.63) is 0 Å². The molecule has 0 fully saturated rings. The van der Waals surface area contributed by atoms with Crippen LogP contribution in [0.15, 0.2) is 0 Å². The highest BCUT2D eigenvalue weighted by Gasteiger charge is 2.19. The lowest BCUT2D eigenvalue weighted by molar-refractivity contribution is -0.167. The molecule has 0 aromatic carbocycles. The Labute approximate surface area is 380 Å². The summed E-state index contributed by atoms with van der Waals surface area (Å²) in [4.78, 5) is 37.9. The van der Waals surface area contributed by atoms with Gasteiger partial charge < -0.3 is 14.2 Å². The van der Waals surface area contributed by atoms with Gasteiger partial charge in [-0.25, -0.2) is 0 Å². The first-order valence-electron chi connectivity index (χ1n) is 27.3. The maximum absolute atomic E-state index is 12.7. The van der Waals surface area contributed by atoms with E-state index in [-0.39, 0.29) is 31.1 Å². The van der Waals surface area contributed by atoms with Crippen LogP contribution in [0.2, 0.25) is 0 Å². The molecule has 0 aliphatic rings. The first kappa shape index (κ1) is 59.4. The van der Waals surface area contributed by atoms with Crippen molar-refractivity contribution < 1.29 is 28.6 Å². The van der Waals surface area contributed by atoms with Crippen molar-refractivity contribution in [1.82, 2.24) is 0 Å². The van der Waals surface area contributed by atoms with Gasteiger partial charge >= 0.3 is 17.9 Å². The zero-order valence-corrected chi connectivity index (χ0v) is 41.8. The van der Waals surface area contributed by atoms with Crippen molar-refractivity contribution in [1.29, 1.82) is 0 Å². The van der Waals surface area contributed by atoms with Crippen LogP contribution in [0.25, 0.3) is 0 Å². The standard InChI is InChI=1S/C55H106O6/c1-6-8-9-10-11-12-13-14-15-16-20-23-26-29-35-40-45-53(56)59-48-52(61-55(58)47-42-37-32-31-33-38-43-50(3)4)49-60-54(57)46-41-36-30-27-24-21-18-17-19-22-25-28-34-39-44-51(5)7-2/h50-52H,6-49H2,1-5H3/t51?,52-/m1/s1. The van der Waals surface area contributed by atoms with Crippen LogP contribution in [-0.4, -0.2) is 37.2 Å². The quantitative estimate of drug-likeness (QED) is 0.0344. The highest BCUT2D eigenvalue weighted by molar-refractivity contribution is 5.71. The summed E-state index contributed by atoms with van der Waals surface area (Å²) in [5.74, 6) is 0.805. The normalized spacial score (nSPS) is 12.5. The average molecular weight is 863 g/mol. The van der Waals surface area contributed by atoms with Crippen LogP contribution in [0, 0.1) is 11.8 Å². The maximum atomic E-state index is 12.7. The lowest BCUT2D eigenvalue weighted by Gasteiger charge is -2.18. The maximum Gasteiger partial charge on any atom is 0.306 e. The van der Waals surface area contributed by atoms with Crippen molar-refractivity contribution in [3.8, 4) is 0 Å². The predicted octanol–water partition coefficient (Wildman–Crippen LogP) is 17.7. The molecule has 0 aromatic rings. The van der Waals surface area contributed by atoms with Gasteiger partial charge in [0.05, 0.1) is 0 Å². The minimum atomic E-state index is -0.762. The fraction of sp³-hybridized carbons (Fsp3) is 0.945. The Bertz CT molecular complexity index is 933. The Morgan fingerprint density at radius 1 is 0.344 bits per heavy atom. The number of ether oxygens (including phenoxy) is 3. The zero-order valence-electron chi connectivity index (χ0n) is 41.8. The van der Waals surface area contributed by atoms with E-state index in [9.17, 15) is 14.4 Å². The highest BCUT2D eigenvalue weighted by Crippen LogP contribution is 2.18. The Balaban J connectivity index is 4.21. The SMILES string of the molecule is CCCCCCCCCCCCCCCCCCC(=O)OC[C@H](COC(=O)CCCCCCCCCCCCCCCCC(C)CC)OC(=O)CCCCCCCCC(C)C. The van der Waals surface area contributed by atoms with Crippen LogP contribution in [0.5, 0.6) is 0 Å². The van der Waals surface area contributed by atoms with Gasteiger partial charge in [-0.05, 0) is 31.1 Å². The molecule has 0 aromatic heterocycles. The third-order valence-electron chi connectivity index (χ3n) is 12.8. The van der Waals surface area contributed by atoms with E-state index in [0.717, 1.165) is 69.6 Å². The van der Waals surface area contributed by atoms with E-state index in [1.807, 2.05) is 0 Å². The van der Waals surface area contributed by atoms with E-state index >= 15 is 0 Å². The lowest BCUT2D eigenvalue weighted by atomic mass is 9.99. The number of rotatable bonds is 49. The number of esters is 3. The summed E-state index contributed by atoms with van der Waals surface area (Å²) in [5.41, 5.74) is 0. The van der Waals surface area contributed by atoms with E-state index in [0.29, 0.717) is 19.3 Å². The number of carbonyl (C=O) groups excluding carboxylic acids is 3. The Hall–Kier alpha value is -1.59. The molecule has 0 bridgehead atoms. The van der Waals surface area contributed by atoms with E-state index in [1.54, 1.807) is 0 Å². The molecule has 0 amide bonds. The molecule has 0 saturated carbocycles. The summed E-state index contributed by atoms with van der Waals surface area (Å²) in [7, 11) is 0. The van der Waals surface area contributed by atoms with Crippen LogP contribution in [0.4, 0.5) is 0 Å². The van der Waals surface area contributed by atoms with Gasteiger partial charge in [0.2, 0.25) is 0 Å². The third kappa shape index (κ3) is 47.7. The van der Waals surface area contributed by atoms with Gasteiger partial charge in [-0.1, -0.05) is 266 Å². The first-order chi connectivity index (χ1) is 29.8. The molecule has 6 nitrogen and oxygen atoms in total. The van der Waals surface area contributed by atoms with Crippen molar-refractivity contribution in [2.75, 3.05) is 13.2 Å². The second-order valence-electron chi connectivity index (χ2n) is 19.6. The largest absolute Gasteiger partial charge is 0.462 e. The van der Waals surface area contributed by atoms with Crippen molar-refractivity contribution >= 4 is 17.9 Å². The van der Waals surface area contributed by atoms with Crippen LogP contribution >= 0.6 is 0 Å². The van der Waals surface area contributed by atoms with Crippen LogP contribution in [0.3, 0.4) is 0 Å². The molecule has 0 aliphatic carbocycles. The minimum absolute atomic E-state index is 0.0644. The van der Waals surface area contributed by atoms with E-state index < -0.39 is 6.10 Å². The second-order valence-corrected chi connectivity index (χ2v) is 19.6. The molecule has 0 heterocycles. The monoisotopic (exact) mass is 863 g/mol. The van der Waals surface area contributed by atoms with E-state index in [1.165, 1.54) is 193 Å². The molecule has 2 atom stereocenters. The third-order valence-corrected chi connectivity index (χ3v) is 12.8. The van der Waals surface area contributed by atoms with Crippen LogP contribution in [0.1, 0.15) is 304 Å². The van der Waals surface area contributed by atoms with E-state index in [2.05, 4.69) is 34.6 Å². The molecule has 0 N–H and O–H groups in total. The summed E-state index contributed by atoms with van der Waals surface area (Å²) >= 11 is 0. The number of unbranched alkanes of at least 4 members (excludes halogenated alkanes) is 33. The van der Waals surface area contributed by atoms with Crippen molar-refractivity contribution in [2.24, 2.45) is 11.8 Å². The minimum Gasteiger partial charge on any atom is -0.462 e. The lowest BCUT2D eigenvalue weighted by Crippen LogP contribution is -2.30. The molecule has 0 aliphatic heterocycles. The number of hydrogen-bond donors (Lipinski definition) is 0. The molecule has 0 spiro atoms. The van der Waals surface area contributed by atoms with E-state index in [4.69, 9.17) is 14.2 Å². The molecule has 362 valence electrons. The summed E-state index contributed by atoms with van der Waals surface area (Å²) in [5, 5.41) is 0. The van der Waals surface area contributed by atoms with Gasteiger partial charge in [0.1, 0.15) is 13.2 Å². The van der Waals surface area contributed by atoms with Crippen LogP contribution < -0.4 is 0 Å². The summed E-state index contributed by atoms with van der Waals surface area (Å²) in [6, 6.07) is 0. The van der Waals surface area contributed by atoms with Crippen LogP contribution in [-0.2, 0) is 28.6 Å². The average Bonchev–Trinajstić information content (AvgIpc) is 3.24. The van der Waals surface area contributed by atoms with Gasteiger partial charge in [0.25, 0.3) is 0 Å². The van der Waals surface area contributed by atoms with Gasteiger partial charge in [0.15, 0.2) is 6.10 Å². The summed E-state index contributed by atoms with van der Waals surface area (Å²) in [6.07, 6.45) is 49.6. The van der Waals surface area contributed by atoms with Gasteiger partial charge in [-0.3, -0.25) is 14.4 Å². The molecule has 61 heavy (non-hydrogen) atoms. The Morgan fingerprint density at radius 2 is 0.623 bits per heavy atom. The molecular weight excluding hydrogens is 757 g/mol. The van der Waals surface area contributed by atoms with Gasteiger partial charge in [-0.2, -0.15) is 0 Å². The fourth-order valence-corrected chi connectivity index (χ4v) is 8.31. The first-order valence-corrected chi connectivity index (χ1v) is 27.3. The van der Waals surface area contributed by atoms with Gasteiger partial charge in [0, 0.05) is 19.3 Å². The Morgan fingerprint density at radius 3 is 0.934 bits per heavy atom. The molecular formula is C55H106O6. The molecule has 6 heteroatoms. The number of hydrogen-bond acceptors (Lipinski definition) is 6. The summed E-state index contributed by atoms with van der Waals surface area (Å²) < 4.78 is 16.8.